The van der Waals surface area contributed by atoms with Gasteiger partial charge in [-0.1, -0.05) is 26.0 Å². The second-order valence-corrected chi connectivity index (χ2v) is 6.06. The van der Waals surface area contributed by atoms with E-state index in [-0.39, 0.29) is 43.3 Å². The Bertz CT molecular complexity index is 475. The lowest BCUT2D eigenvalue weighted by molar-refractivity contribution is -0.135. The van der Waals surface area contributed by atoms with E-state index in [1.54, 1.807) is 4.90 Å². The number of aliphatic hydroxyl groups is 1. The van der Waals surface area contributed by atoms with E-state index in [4.69, 9.17) is 10.5 Å². The second kappa shape index (κ2) is 9.60. The molecule has 0 bridgehead atoms. The molecule has 0 heterocycles. The van der Waals surface area contributed by atoms with Gasteiger partial charge in [0.15, 0.2) is 0 Å². The van der Waals surface area contributed by atoms with Crippen molar-refractivity contribution < 1.29 is 19.0 Å². The van der Waals surface area contributed by atoms with Gasteiger partial charge >= 0.3 is 0 Å². The molecule has 0 saturated carbocycles. The first-order valence-corrected chi connectivity index (χ1v) is 7.81. The van der Waals surface area contributed by atoms with Gasteiger partial charge in [-0.3, -0.25) is 4.79 Å². The minimum Gasteiger partial charge on any atom is -0.387 e. The van der Waals surface area contributed by atoms with Gasteiger partial charge in [-0.25, -0.2) is 4.39 Å². The largest absolute Gasteiger partial charge is 0.387 e. The highest BCUT2D eigenvalue weighted by Crippen LogP contribution is 2.17. The van der Waals surface area contributed by atoms with Gasteiger partial charge in [0.05, 0.1) is 25.2 Å². The fraction of sp³-hybridized carbons (Fsp3) is 0.588. The molecular formula is C17H27FN2O3. The summed E-state index contributed by atoms with van der Waals surface area (Å²) in [6, 6.07) is 5.64. The molecule has 3 N–H and O–H groups in total. The summed E-state index contributed by atoms with van der Waals surface area (Å²) in [6.07, 6.45) is -1.02. The van der Waals surface area contributed by atoms with Gasteiger partial charge in [0.25, 0.3) is 0 Å². The number of hydrogen-bond donors (Lipinski definition) is 2. The molecule has 6 heteroatoms. The Kier molecular flexibility index (Phi) is 8.16. The average Bonchev–Trinajstić information content (AvgIpc) is 2.51. The third-order valence-corrected chi connectivity index (χ3v) is 3.58. The zero-order chi connectivity index (χ0) is 17.4. The van der Waals surface area contributed by atoms with Crippen LogP contribution >= 0.6 is 0 Å². The van der Waals surface area contributed by atoms with Crippen LogP contribution in [0.2, 0.25) is 0 Å². The van der Waals surface area contributed by atoms with Crippen molar-refractivity contribution in [3.05, 3.63) is 35.6 Å². The van der Waals surface area contributed by atoms with E-state index >= 15 is 0 Å². The molecule has 1 aromatic carbocycles. The highest BCUT2D eigenvalue weighted by Gasteiger charge is 2.22. The van der Waals surface area contributed by atoms with E-state index in [9.17, 15) is 14.3 Å². The molecule has 1 aromatic rings. The molecule has 0 spiro atoms. The monoisotopic (exact) mass is 326 g/mol. The molecule has 1 rings (SSSR count). The Morgan fingerprint density at radius 1 is 1.30 bits per heavy atom. The van der Waals surface area contributed by atoms with Gasteiger partial charge in [-0.15, -0.1) is 0 Å². The zero-order valence-electron chi connectivity index (χ0n) is 14.0. The van der Waals surface area contributed by atoms with E-state index < -0.39 is 6.10 Å². The van der Waals surface area contributed by atoms with E-state index in [1.807, 2.05) is 13.8 Å². The van der Waals surface area contributed by atoms with E-state index in [2.05, 4.69) is 0 Å². The van der Waals surface area contributed by atoms with Gasteiger partial charge in [-0.2, -0.15) is 0 Å². The van der Waals surface area contributed by atoms with E-state index in [0.29, 0.717) is 12.1 Å². The van der Waals surface area contributed by atoms with Crippen LogP contribution in [0, 0.1) is 11.7 Å². The van der Waals surface area contributed by atoms with Crippen LogP contribution in [0.4, 0.5) is 4.39 Å². The number of methoxy groups -OCH3 is 1. The van der Waals surface area contributed by atoms with Crippen molar-refractivity contribution in [3.8, 4) is 0 Å². The van der Waals surface area contributed by atoms with Gasteiger partial charge in [-0.05, 0) is 23.6 Å². The second-order valence-electron chi connectivity index (χ2n) is 6.06. The molecule has 0 aromatic heterocycles. The molecule has 5 nitrogen and oxygen atoms in total. The summed E-state index contributed by atoms with van der Waals surface area (Å²) in [6.45, 7) is 4.95. The van der Waals surface area contributed by atoms with Crippen molar-refractivity contribution in [2.45, 2.75) is 32.5 Å². The maximum atomic E-state index is 13.0. The lowest BCUT2D eigenvalue weighted by Crippen LogP contribution is -2.40. The predicted octanol–water partition coefficient (Wildman–Crippen LogP) is 1.71. The summed E-state index contributed by atoms with van der Waals surface area (Å²) in [5.74, 6) is -0.211. The fourth-order valence-electron chi connectivity index (χ4n) is 2.30. The number of aliphatic hydroxyl groups excluding tert-OH is 1. The number of ether oxygens (including phenoxy) is 1. The molecule has 0 aliphatic heterocycles. The Morgan fingerprint density at radius 3 is 2.39 bits per heavy atom. The summed E-state index contributed by atoms with van der Waals surface area (Å²) >= 11 is 0. The molecule has 130 valence electrons. The Hall–Kier alpha value is -1.50. The normalized spacial score (nSPS) is 13.9. The topological polar surface area (TPSA) is 75.8 Å². The number of amides is 1. The first kappa shape index (κ1) is 19.5. The number of halogens is 1. The van der Waals surface area contributed by atoms with Gasteiger partial charge in [0, 0.05) is 20.2 Å². The Balaban J connectivity index is 2.76. The smallest absolute Gasteiger partial charge is 0.225 e. The molecule has 0 radical (unpaired) electrons. The number of carbonyl (C=O) groups is 1. The van der Waals surface area contributed by atoms with Crippen molar-refractivity contribution >= 4 is 5.91 Å². The van der Waals surface area contributed by atoms with Gasteiger partial charge < -0.3 is 20.5 Å². The first-order valence-electron chi connectivity index (χ1n) is 7.81. The molecule has 0 saturated heterocycles. The number of nitrogens with two attached hydrogens (primary N) is 1. The summed E-state index contributed by atoms with van der Waals surface area (Å²) in [5, 5.41) is 10.3. The third kappa shape index (κ3) is 6.64. The maximum Gasteiger partial charge on any atom is 0.225 e. The van der Waals surface area contributed by atoms with Crippen LogP contribution in [-0.2, 0) is 9.53 Å². The van der Waals surface area contributed by atoms with Crippen LogP contribution in [0.3, 0.4) is 0 Å². The molecule has 23 heavy (non-hydrogen) atoms. The zero-order valence-corrected chi connectivity index (χ0v) is 14.0. The molecule has 0 aliphatic rings. The lowest BCUT2D eigenvalue weighted by Gasteiger charge is -2.28. The van der Waals surface area contributed by atoms with Crippen molar-refractivity contribution in [3.63, 3.8) is 0 Å². The van der Waals surface area contributed by atoms with E-state index in [1.165, 1.54) is 31.4 Å². The standard InChI is InChI=1S/C17H27FN2O3/c1-12(2)10-20(17(22)8-15(9-19)23-3)11-16(21)13-4-6-14(18)7-5-13/h4-7,12,15-16,21H,8-11,19H2,1-3H3. The van der Waals surface area contributed by atoms with Crippen LogP contribution in [0.1, 0.15) is 31.9 Å². The van der Waals surface area contributed by atoms with Gasteiger partial charge in [0.2, 0.25) is 5.91 Å². The Morgan fingerprint density at radius 2 is 1.91 bits per heavy atom. The fourth-order valence-corrected chi connectivity index (χ4v) is 2.30. The van der Waals surface area contributed by atoms with Crippen molar-refractivity contribution in [2.24, 2.45) is 11.7 Å². The summed E-state index contributed by atoms with van der Waals surface area (Å²) < 4.78 is 18.1. The lowest BCUT2D eigenvalue weighted by atomic mass is 10.1. The molecule has 1 amide bonds. The molecule has 2 atom stereocenters. The number of benzene rings is 1. The summed E-state index contributed by atoms with van der Waals surface area (Å²) in [5.41, 5.74) is 6.14. The Labute approximate surface area is 137 Å². The van der Waals surface area contributed by atoms with Crippen molar-refractivity contribution in [1.82, 2.24) is 4.90 Å². The minimum absolute atomic E-state index is 0.114. The minimum atomic E-state index is -0.864. The van der Waals surface area contributed by atoms with Crippen molar-refractivity contribution in [1.29, 1.82) is 0 Å². The SMILES string of the molecule is COC(CN)CC(=O)N(CC(C)C)CC(O)c1ccc(F)cc1. The highest BCUT2D eigenvalue weighted by atomic mass is 19.1. The number of carbonyl (C=O) groups excluding carboxylic acids is 1. The highest BCUT2D eigenvalue weighted by molar-refractivity contribution is 5.76. The number of nitrogens with zero attached hydrogens (tertiary/aromatic N) is 1. The molecule has 2 unspecified atom stereocenters. The van der Waals surface area contributed by atoms with Crippen LogP contribution in [0.25, 0.3) is 0 Å². The van der Waals surface area contributed by atoms with Crippen molar-refractivity contribution in [2.75, 3.05) is 26.7 Å². The van der Waals surface area contributed by atoms with Crippen LogP contribution in [-0.4, -0.2) is 48.8 Å². The average molecular weight is 326 g/mol. The van der Waals surface area contributed by atoms with E-state index in [0.717, 1.165) is 0 Å². The summed E-state index contributed by atoms with van der Waals surface area (Å²) in [4.78, 5) is 14.1. The summed E-state index contributed by atoms with van der Waals surface area (Å²) in [7, 11) is 1.52. The predicted molar refractivity (Wildman–Crippen MR) is 87.2 cm³/mol. The quantitative estimate of drug-likeness (QED) is 0.724. The molecular weight excluding hydrogens is 299 g/mol. The van der Waals surface area contributed by atoms with Crippen LogP contribution < -0.4 is 5.73 Å². The van der Waals surface area contributed by atoms with Gasteiger partial charge in [0.1, 0.15) is 5.82 Å². The maximum absolute atomic E-state index is 13.0. The van der Waals surface area contributed by atoms with Crippen LogP contribution in [0.5, 0.6) is 0 Å². The molecule has 0 fully saturated rings. The molecule has 0 aliphatic carbocycles. The third-order valence-electron chi connectivity index (χ3n) is 3.58. The first-order chi connectivity index (χ1) is 10.9. The van der Waals surface area contributed by atoms with Crippen LogP contribution in [0.15, 0.2) is 24.3 Å². The number of rotatable bonds is 9. The number of hydrogen-bond acceptors (Lipinski definition) is 4.